The lowest BCUT2D eigenvalue weighted by molar-refractivity contribution is 0.386. The van der Waals surface area contributed by atoms with E-state index in [0.717, 1.165) is 26.1 Å². The summed E-state index contributed by atoms with van der Waals surface area (Å²) >= 11 is 0. The molecule has 0 saturated carbocycles. The molecule has 1 atom stereocenters. The molecule has 1 unspecified atom stereocenters. The molecule has 2 heteroatoms. The van der Waals surface area contributed by atoms with E-state index in [1.165, 1.54) is 17.5 Å². The molecular weight excluding hydrogens is 196 g/mol. The Morgan fingerprint density at radius 3 is 2.50 bits per heavy atom. The van der Waals surface area contributed by atoms with Gasteiger partial charge in [-0.15, -0.1) is 0 Å². The molecule has 0 aromatic heterocycles. The van der Waals surface area contributed by atoms with Crippen molar-refractivity contribution < 1.29 is 0 Å². The molecule has 0 aliphatic carbocycles. The zero-order valence-electron chi connectivity index (χ0n) is 10.3. The monoisotopic (exact) mass is 218 g/mol. The summed E-state index contributed by atoms with van der Waals surface area (Å²) in [6.45, 7) is 7.69. The minimum absolute atomic E-state index is 0.281. The maximum atomic E-state index is 3.65. The van der Waals surface area contributed by atoms with E-state index < -0.39 is 0 Å². The summed E-state index contributed by atoms with van der Waals surface area (Å²) in [6.07, 6.45) is 2.34. The fourth-order valence-corrected chi connectivity index (χ4v) is 2.18. The van der Waals surface area contributed by atoms with Crippen molar-refractivity contribution in [2.45, 2.75) is 38.8 Å². The average molecular weight is 218 g/mol. The average Bonchev–Trinajstić information content (AvgIpc) is 2.75. The van der Waals surface area contributed by atoms with Crippen LogP contribution in [0.4, 0.5) is 0 Å². The van der Waals surface area contributed by atoms with E-state index in [9.17, 15) is 0 Å². The van der Waals surface area contributed by atoms with Crippen LogP contribution in [0.2, 0.25) is 0 Å². The van der Waals surface area contributed by atoms with Crippen molar-refractivity contribution in [1.29, 1.82) is 0 Å². The number of hydrogen-bond donors (Lipinski definition) is 2. The first-order valence-corrected chi connectivity index (χ1v) is 6.25. The van der Waals surface area contributed by atoms with Crippen molar-refractivity contribution in [3.05, 3.63) is 35.4 Å². The summed E-state index contributed by atoms with van der Waals surface area (Å²) in [5, 5.41) is 7.05. The molecule has 1 saturated heterocycles. The third-order valence-electron chi connectivity index (χ3n) is 3.52. The highest BCUT2D eigenvalue weighted by molar-refractivity contribution is 5.22. The van der Waals surface area contributed by atoms with Gasteiger partial charge in [-0.3, -0.25) is 0 Å². The predicted molar refractivity (Wildman–Crippen MR) is 68.6 cm³/mol. The Hall–Kier alpha value is -0.860. The van der Waals surface area contributed by atoms with Crippen LogP contribution in [0.15, 0.2) is 24.3 Å². The van der Waals surface area contributed by atoms with Crippen molar-refractivity contribution >= 4 is 0 Å². The molecule has 88 valence electrons. The fraction of sp³-hybridized carbons (Fsp3) is 0.571. The second-order valence-corrected chi connectivity index (χ2v) is 5.01. The number of hydrogen-bond acceptors (Lipinski definition) is 2. The van der Waals surface area contributed by atoms with Gasteiger partial charge in [-0.2, -0.15) is 0 Å². The summed E-state index contributed by atoms with van der Waals surface area (Å²) in [4.78, 5) is 0. The molecule has 1 aromatic carbocycles. The Balaban J connectivity index is 1.89. The quantitative estimate of drug-likeness (QED) is 0.808. The highest BCUT2D eigenvalue weighted by Crippen LogP contribution is 2.14. The standard InChI is InChI=1S/C14H22N2/c1-3-12-4-6-13(7-5-12)10-16-14(2)8-9-15-11-14/h4-7,15-16H,3,8-11H2,1-2H3. The van der Waals surface area contributed by atoms with Crippen molar-refractivity contribution in [3.63, 3.8) is 0 Å². The Labute approximate surface area is 98.4 Å². The first-order valence-electron chi connectivity index (χ1n) is 6.25. The molecule has 2 nitrogen and oxygen atoms in total. The van der Waals surface area contributed by atoms with Crippen molar-refractivity contribution in [1.82, 2.24) is 10.6 Å². The van der Waals surface area contributed by atoms with Gasteiger partial charge in [-0.1, -0.05) is 31.2 Å². The van der Waals surface area contributed by atoms with Crippen molar-refractivity contribution in [3.8, 4) is 0 Å². The molecule has 2 rings (SSSR count). The number of aryl methyl sites for hydroxylation is 1. The molecule has 16 heavy (non-hydrogen) atoms. The molecule has 0 bridgehead atoms. The Morgan fingerprint density at radius 2 is 1.94 bits per heavy atom. The maximum absolute atomic E-state index is 3.65. The molecule has 2 N–H and O–H groups in total. The summed E-state index contributed by atoms with van der Waals surface area (Å²) in [5.74, 6) is 0. The van der Waals surface area contributed by atoms with Gasteiger partial charge in [0, 0.05) is 18.6 Å². The molecule has 1 aromatic rings. The second-order valence-electron chi connectivity index (χ2n) is 5.01. The van der Waals surface area contributed by atoms with Crippen molar-refractivity contribution in [2.24, 2.45) is 0 Å². The van der Waals surface area contributed by atoms with Gasteiger partial charge in [-0.05, 0) is 37.4 Å². The lowest BCUT2D eigenvalue weighted by Crippen LogP contribution is -2.43. The zero-order chi connectivity index (χ0) is 11.4. The van der Waals surface area contributed by atoms with Crippen LogP contribution in [-0.4, -0.2) is 18.6 Å². The molecule has 0 amide bonds. The van der Waals surface area contributed by atoms with E-state index >= 15 is 0 Å². The lowest BCUT2D eigenvalue weighted by Gasteiger charge is -2.24. The minimum Gasteiger partial charge on any atom is -0.315 e. The van der Waals surface area contributed by atoms with E-state index in [2.05, 4.69) is 48.7 Å². The normalized spacial score (nSPS) is 24.9. The smallest absolute Gasteiger partial charge is 0.0293 e. The molecule has 1 aliphatic rings. The zero-order valence-corrected chi connectivity index (χ0v) is 10.3. The Morgan fingerprint density at radius 1 is 1.25 bits per heavy atom. The topological polar surface area (TPSA) is 24.1 Å². The third kappa shape index (κ3) is 2.83. The van der Waals surface area contributed by atoms with E-state index in [-0.39, 0.29) is 5.54 Å². The summed E-state index contributed by atoms with van der Waals surface area (Å²) < 4.78 is 0. The van der Waals surface area contributed by atoms with Gasteiger partial charge >= 0.3 is 0 Å². The number of benzene rings is 1. The van der Waals surface area contributed by atoms with Crippen LogP contribution in [-0.2, 0) is 13.0 Å². The van der Waals surface area contributed by atoms with Crippen LogP contribution in [0.3, 0.4) is 0 Å². The van der Waals surface area contributed by atoms with Crippen LogP contribution in [0.25, 0.3) is 0 Å². The van der Waals surface area contributed by atoms with Crippen LogP contribution in [0.1, 0.15) is 31.4 Å². The molecule has 1 fully saturated rings. The summed E-state index contributed by atoms with van der Waals surface area (Å²) in [5.41, 5.74) is 3.08. The molecule has 0 radical (unpaired) electrons. The SMILES string of the molecule is CCc1ccc(CNC2(C)CCNC2)cc1. The third-order valence-corrected chi connectivity index (χ3v) is 3.52. The van der Waals surface area contributed by atoms with Crippen LogP contribution >= 0.6 is 0 Å². The first-order chi connectivity index (χ1) is 7.72. The molecule has 0 spiro atoms. The second kappa shape index (κ2) is 4.98. The Bertz CT molecular complexity index is 323. The summed E-state index contributed by atoms with van der Waals surface area (Å²) in [7, 11) is 0. The van der Waals surface area contributed by atoms with Crippen LogP contribution in [0, 0.1) is 0 Å². The maximum Gasteiger partial charge on any atom is 0.0293 e. The van der Waals surface area contributed by atoms with Gasteiger partial charge in [0.2, 0.25) is 0 Å². The lowest BCUT2D eigenvalue weighted by atomic mass is 10.0. The fourth-order valence-electron chi connectivity index (χ4n) is 2.18. The highest BCUT2D eigenvalue weighted by Gasteiger charge is 2.27. The number of nitrogens with one attached hydrogen (secondary N) is 2. The minimum atomic E-state index is 0.281. The van der Waals surface area contributed by atoms with Gasteiger partial charge in [0.1, 0.15) is 0 Å². The van der Waals surface area contributed by atoms with Crippen LogP contribution in [0.5, 0.6) is 0 Å². The van der Waals surface area contributed by atoms with Crippen molar-refractivity contribution in [2.75, 3.05) is 13.1 Å². The molecule has 1 heterocycles. The van der Waals surface area contributed by atoms with E-state index in [4.69, 9.17) is 0 Å². The molecular formula is C14H22N2. The van der Waals surface area contributed by atoms with E-state index in [0.29, 0.717) is 0 Å². The van der Waals surface area contributed by atoms with Crippen LogP contribution < -0.4 is 10.6 Å². The first kappa shape index (κ1) is 11.6. The highest BCUT2D eigenvalue weighted by atomic mass is 15.1. The number of rotatable bonds is 4. The van der Waals surface area contributed by atoms with E-state index in [1.54, 1.807) is 0 Å². The van der Waals surface area contributed by atoms with Gasteiger partial charge in [0.05, 0.1) is 0 Å². The molecule has 1 aliphatic heterocycles. The summed E-state index contributed by atoms with van der Waals surface area (Å²) in [6, 6.07) is 8.92. The van der Waals surface area contributed by atoms with Gasteiger partial charge in [0.15, 0.2) is 0 Å². The Kier molecular flexibility index (Phi) is 3.62. The largest absolute Gasteiger partial charge is 0.315 e. The van der Waals surface area contributed by atoms with E-state index in [1.807, 2.05) is 0 Å². The van der Waals surface area contributed by atoms with Gasteiger partial charge in [0.25, 0.3) is 0 Å². The predicted octanol–water partition coefficient (Wildman–Crippen LogP) is 2.09. The van der Waals surface area contributed by atoms with Gasteiger partial charge in [-0.25, -0.2) is 0 Å². The van der Waals surface area contributed by atoms with Gasteiger partial charge < -0.3 is 10.6 Å².